The molecule has 0 radical (unpaired) electrons. The third-order valence-electron chi connectivity index (χ3n) is 2.64. The molecule has 0 saturated heterocycles. The van der Waals surface area contributed by atoms with Gasteiger partial charge in [-0.1, -0.05) is 43.0 Å². The Morgan fingerprint density at radius 1 is 1.20 bits per heavy atom. The lowest BCUT2D eigenvalue weighted by atomic mass is 10.1. The van der Waals surface area contributed by atoms with Crippen molar-refractivity contribution in [2.45, 2.75) is 38.8 Å². The van der Waals surface area contributed by atoms with E-state index in [1.807, 2.05) is 6.92 Å². The average molecular weight is 328 g/mol. The standard InChI is InChI=1S/C13H14Cl2F3NO/c1-2-3-4-5-11(20)19-12-9(14)6-8(7-10(12)15)13(16,17)18/h6-7H,2-5H2,1H3,(H,19,20). The number of nitrogens with one attached hydrogen (secondary N) is 1. The van der Waals surface area contributed by atoms with Gasteiger partial charge in [0.05, 0.1) is 21.3 Å². The lowest BCUT2D eigenvalue weighted by molar-refractivity contribution is -0.137. The van der Waals surface area contributed by atoms with Crippen LogP contribution in [0.4, 0.5) is 18.9 Å². The highest BCUT2D eigenvalue weighted by Crippen LogP contribution is 2.38. The summed E-state index contributed by atoms with van der Waals surface area (Å²) < 4.78 is 37.6. The monoisotopic (exact) mass is 327 g/mol. The van der Waals surface area contributed by atoms with E-state index in [0.717, 1.165) is 25.0 Å². The molecule has 0 unspecified atom stereocenters. The van der Waals surface area contributed by atoms with Crippen LogP contribution in [0.5, 0.6) is 0 Å². The minimum absolute atomic E-state index is 0.0165. The highest BCUT2D eigenvalue weighted by molar-refractivity contribution is 6.39. The summed E-state index contributed by atoms with van der Waals surface area (Å²) in [5.74, 6) is -0.318. The van der Waals surface area contributed by atoms with E-state index in [1.54, 1.807) is 0 Å². The number of carbonyl (C=O) groups excluding carboxylic acids is 1. The maximum absolute atomic E-state index is 12.5. The second kappa shape index (κ2) is 7.18. The zero-order valence-electron chi connectivity index (χ0n) is 10.8. The van der Waals surface area contributed by atoms with E-state index in [4.69, 9.17) is 23.2 Å². The molecule has 0 aliphatic rings. The highest BCUT2D eigenvalue weighted by Gasteiger charge is 2.32. The smallest absolute Gasteiger partial charge is 0.324 e. The summed E-state index contributed by atoms with van der Waals surface area (Å²) in [4.78, 5) is 11.6. The Labute approximate surface area is 125 Å². The van der Waals surface area contributed by atoms with Gasteiger partial charge in [-0.3, -0.25) is 4.79 Å². The summed E-state index contributed by atoms with van der Waals surface area (Å²) >= 11 is 11.5. The third kappa shape index (κ3) is 4.87. The maximum atomic E-state index is 12.5. The fourth-order valence-corrected chi connectivity index (χ4v) is 2.18. The van der Waals surface area contributed by atoms with Crippen LogP contribution in [0.2, 0.25) is 10.0 Å². The fraction of sp³-hybridized carbons (Fsp3) is 0.462. The van der Waals surface area contributed by atoms with Gasteiger partial charge < -0.3 is 5.32 Å². The maximum Gasteiger partial charge on any atom is 0.416 e. The average Bonchev–Trinajstić information content (AvgIpc) is 2.32. The van der Waals surface area contributed by atoms with E-state index in [2.05, 4.69) is 5.32 Å². The Hall–Kier alpha value is -0.940. The minimum Gasteiger partial charge on any atom is -0.324 e. The van der Waals surface area contributed by atoms with Gasteiger partial charge in [0.15, 0.2) is 0 Å². The number of anilines is 1. The molecule has 1 aromatic rings. The molecule has 0 fully saturated rings. The summed E-state index contributed by atoms with van der Waals surface area (Å²) in [5, 5.41) is 1.99. The first-order valence-corrected chi connectivity index (χ1v) is 6.87. The zero-order valence-corrected chi connectivity index (χ0v) is 12.3. The van der Waals surface area contributed by atoms with Gasteiger partial charge in [-0.05, 0) is 18.6 Å². The van der Waals surface area contributed by atoms with Crippen molar-refractivity contribution in [3.63, 3.8) is 0 Å². The van der Waals surface area contributed by atoms with Crippen LogP contribution in [0.1, 0.15) is 38.2 Å². The molecule has 0 spiro atoms. The SMILES string of the molecule is CCCCCC(=O)Nc1c(Cl)cc(C(F)(F)F)cc1Cl. The fourth-order valence-electron chi connectivity index (χ4n) is 1.59. The molecule has 1 rings (SSSR count). The van der Waals surface area contributed by atoms with Gasteiger partial charge in [0.1, 0.15) is 0 Å². The Kier molecular flexibility index (Phi) is 6.14. The molecule has 0 saturated carbocycles. The second-order valence-electron chi connectivity index (χ2n) is 4.32. The van der Waals surface area contributed by atoms with Gasteiger partial charge in [-0.25, -0.2) is 0 Å². The van der Waals surface area contributed by atoms with Gasteiger partial charge in [-0.15, -0.1) is 0 Å². The third-order valence-corrected chi connectivity index (χ3v) is 3.24. The quantitative estimate of drug-likeness (QED) is 0.707. The van der Waals surface area contributed by atoms with E-state index in [9.17, 15) is 18.0 Å². The second-order valence-corrected chi connectivity index (χ2v) is 5.13. The number of alkyl halides is 3. The normalized spacial score (nSPS) is 11.5. The van der Waals surface area contributed by atoms with Gasteiger partial charge in [-0.2, -0.15) is 13.2 Å². The van der Waals surface area contributed by atoms with Crippen molar-refractivity contribution >= 4 is 34.8 Å². The van der Waals surface area contributed by atoms with Crippen LogP contribution in [-0.2, 0) is 11.0 Å². The first kappa shape index (κ1) is 17.1. The summed E-state index contributed by atoms with van der Waals surface area (Å²) in [7, 11) is 0. The number of amides is 1. The summed E-state index contributed by atoms with van der Waals surface area (Å²) in [6.07, 6.45) is -1.67. The van der Waals surface area contributed by atoms with E-state index < -0.39 is 11.7 Å². The van der Waals surface area contributed by atoms with Crippen LogP contribution >= 0.6 is 23.2 Å². The number of hydrogen-bond acceptors (Lipinski definition) is 1. The topological polar surface area (TPSA) is 29.1 Å². The van der Waals surface area contributed by atoms with Crippen LogP contribution in [0.15, 0.2) is 12.1 Å². The van der Waals surface area contributed by atoms with Crippen molar-refractivity contribution in [1.82, 2.24) is 0 Å². The first-order valence-electron chi connectivity index (χ1n) is 6.11. The summed E-state index contributed by atoms with van der Waals surface area (Å²) in [6.45, 7) is 2.00. The zero-order chi connectivity index (χ0) is 15.3. The van der Waals surface area contributed by atoms with Crippen molar-refractivity contribution in [1.29, 1.82) is 0 Å². The highest BCUT2D eigenvalue weighted by atomic mass is 35.5. The molecular formula is C13H14Cl2F3NO. The molecule has 1 aromatic carbocycles. The number of unbranched alkanes of at least 4 members (excludes halogenated alkanes) is 2. The van der Waals surface area contributed by atoms with Crippen LogP contribution < -0.4 is 5.32 Å². The molecule has 0 aromatic heterocycles. The Morgan fingerprint density at radius 2 is 1.75 bits per heavy atom. The van der Waals surface area contributed by atoms with Crippen LogP contribution in [0.25, 0.3) is 0 Å². The Morgan fingerprint density at radius 3 is 2.20 bits per heavy atom. The van der Waals surface area contributed by atoms with Gasteiger partial charge in [0.2, 0.25) is 5.91 Å². The van der Waals surface area contributed by atoms with Gasteiger partial charge in [0.25, 0.3) is 0 Å². The minimum atomic E-state index is -4.53. The number of carbonyl (C=O) groups is 1. The van der Waals surface area contributed by atoms with Gasteiger partial charge >= 0.3 is 6.18 Å². The molecule has 20 heavy (non-hydrogen) atoms. The molecule has 0 atom stereocenters. The molecule has 0 heterocycles. The molecule has 0 aliphatic carbocycles. The molecule has 1 N–H and O–H groups in total. The molecule has 0 aliphatic heterocycles. The van der Waals surface area contributed by atoms with Crippen molar-refractivity contribution in [3.8, 4) is 0 Å². The van der Waals surface area contributed by atoms with E-state index in [0.29, 0.717) is 6.42 Å². The Balaban J connectivity index is 2.84. The van der Waals surface area contributed by atoms with Crippen molar-refractivity contribution in [3.05, 3.63) is 27.7 Å². The summed E-state index contributed by atoms with van der Waals surface area (Å²) in [5.41, 5.74) is -0.931. The van der Waals surface area contributed by atoms with Crippen molar-refractivity contribution in [2.75, 3.05) is 5.32 Å². The predicted octanol–water partition coefficient (Wildman–Crippen LogP) is 5.53. The number of halogens is 5. The molecular weight excluding hydrogens is 314 g/mol. The van der Waals surface area contributed by atoms with E-state index in [1.165, 1.54) is 0 Å². The van der Waals surface area contributed by atoms with Crippen LogP contribution in [0, 0.1) is 0 Å². The lowest BCUT2D eigenvalue weighted by Crippen LogP contribution is -2.13. The van der Waals surface area contributed by atoms with E-state index >= 15 is 0 Å². The molecule has 2 nitrogen and oxygen atoms in total. The Bertz CT molecular complexity index is 466. The molecule has 1 amide bonds. The molecule has 7 heteroatoms. The largest absolute Gasteiger partial charge is 0.416 e. The predicted molar refractivity (Wildman–Crippen MR) is 74.2 cm³/mol. The number of rotatable bonds is 5. The number of benzene rings is 1. The van der Waals surface area contributed by atoms with Gasteiger partial charge in [0, 0.05) is 6.42 Å². The van der Waals surface area contributed by atoms with Crippen LogP contribution in [0.3, 0.4) is 0 Å². The van der Waals surface area contributed by atoms with E-state index in [-0.39, 0.29) is 28.1 Å². The van der Waals surface area contributed by atoms with Crippen molar-refractivity contribution < 1.29 is 18.0 Å². The lowest BCUT2D eigenvalue weighted by Gasteiger charge is -2.13. The number of hydrogen-bond donors (Lipinski definition) is 1. The first-order chi connectivity index (χ1) is 9.25. The van der Waals surface area contributed by atoms with Crippen LogP contribution in [-0.4, -0.2) is 5.91 Å². The summed E-state index contributed by atoms with van der Waals surface area (Å²) in [6, 6.07) is 1.49. The molecule has 112 valence electrons. The van der Waals surface area contributed by atoms with Crippen molar-refractivity contribution in [2.24, 2.45) is 0 Å². The molecule has 0 bridgehead atoms.